The molecule has 1 aliphatic heterocycles. The van der Waals surface area contributed by atoms with Gasteiger partial charge in [0.15, 0.2) is 11.5 Å². The van der Waals surface area contributed by atoms with E-state index in [4.69, 9.17) is 9.47 Å². The third-order valence-corrected chi connectivity index (χ3v) is 3.99. The highest BCUT2D eigenvalue weighted by molar-refractivity contribution is 5.92. The average molecular weight is 323 g/mol. The minimum atomic E-state index is -0.222. The Balaban J connectivity index is 1.42. The molecule has 0 radical (unpaired) electrons. The topological polar surface area (TPSA) is 64.9 Å². The van der Waals surface area contributed by atoms with E-state index in [0.29, 0.717) is 24.6 Å². The van der Waals surface area contributed by atoms with Crippen LogP contribution in [0, 0.1) is 6.92 Å². The summed E-state index contributed by atoms with van der Waals surface area (Å²) in [5, 5.41) is 2.86. The summed E-state index contributed by atoms with van der Waals surface area (Å²) in [5.74, 6) is 1.21. The molecule has 122 valence electrons. The number of hydrogen-bond donors (Lipinski definition) is 1. The Morgan fingerprint density at radius 1 is 1.25 bits per heavy atom. The highest BCUT2D eigenvalue weighted by atomic mass is 16.6. The predicted octanol–water partition coefficient (Wildman–Crippen LogP) is 2.21. The maximum absolute atomic E-state index is 12.3. The number of carbonyl (C=O) groups excluding carboxylic acids is 1. The van der Waals surface area contributed by atoms with E-state index in [9.17, 15) is 4.79 Å². The number of fused-ring (bicyclic) bond motifs is 2. The molecule has 0 bridgehead atoms. The Morgan fingerprint density at radius 3 is 2.92 bits per heavy atom. The molecule has 3 heterocycles. The number of aromatic nitrogens is 2. The second-order valence-electron chi connectivity index (χ2n) is 5.73. The monoisotopic (exact) mass is 323 g/mol. The van der Waals surface area contributed by atoms with Crippen LogP contribution in [-0.4, -0.2) is 34.5 Å². The van der Waals surface area contributed by atoms with Gasteiger partial charge in [-0.1, -0.05) is 18.2 Å². The molecular weight excluding hydrogens is 306 g/mol. The third-order valence-electron chi connectivity index (χ3n) is 3.99. The number of imidazole rings is 1. The third kappa shape index (κ3) is 2.67. The predicted molar refractivity (Wildman–Crippen MR) is 88.6 cm³/mol. The first kappa shape index (κ1) is 14.6. The fourth-order valence-electron chi connectivity index (χ4n) is 2.72. The van der Waals surface area contributed by atoms with Crippen LogP contribution >= 0.6 is 0 Å². The first-order chi connectivity index (χ1) is 11.7. The molecule has 6 nitrogen and oxygen atoms in total. The van der Waals surface area contributed by atoms with E-state index in [2.05, 4.69) is 10.3 Å². The first-order valence-electron chi connectivity index (χ1n) is 7.82. The number of pyridine rings is 1. The summed E-state index contributed by atoms with van der Waals surface area (Å²) in [6, 6.07) is 13.3. The number of nitrogens with zero attached hydrogens (tertiary/aromatic N) is 2. The van der Waals surface area contributed by atoms with Gasteiger partial charge in [0, 0.05) is 11.9 Å². The van der Waals surface area contributed by atoms with Gasteiger partial charge in [-0.25, -0.2) is 4.98 Å². The van der Waals surface area contributed by atoms with Gasteiger partial charge in [-0.15, -0.1) is 0 Å². The minimum Gasteiger partial charge on any atom is -0.486 e. The number of para-hydroxylation sites is 2. The Kier molecular flexibility index (Phi) is 3.57. The van der Waals surface area contributed by atoms with Crippen LogP contribution in [-0.2, 0) is 0 Å². The van der Waals surface area contributed by atoms with Crippen molar-refractivity contribution in [1.82, 2.24) is 14.7 Å². The molecule has 0 fully saturated rings. The second-order valence-corrected chi connectivity index (χ2v) is 5.73. The lowest BCUT2D eigenvalue weighted by molar-refractivity contribution is 0.0786. The van der Waals surface area contributed by atoms with Crippen molar-refractivity contribution in [3.05, 3.63) is 60.0 Å². The van der Waals surface area contributed by atoms with E-state index in [1.54, 1.807) is 6.20 Å². The lowest BCUT2D eigenvalue weighted by Crippen LogP contribution is -2.40. The first-order valence-corrected chi connectivity index (χ1v) is 7.82. The zero-order valence-electron chi connectivity index (χ0n) is 13.2. The van der Waals surface area contributed by atoms with E-state index in [0.717, 1.165) is 17.1 Å². The molecule has 0 spiro atoms. The van der Waals surface area contributed by atoms with Crippen LogP contribution in [0.4, 0.5) is 0 Å². The number of carbonyl (C=O) groups is 1. The van der Waals surface area contributed by atoms with Crippen LogP contribution in [0.5, 0.6) is 11.5 Å². The van der Waals surface area contributed by atoms with Crippen LogP contribution in [0.3, 0.4) is 0 Å². The van der Waals surface area contributed by atoms with Gasteiger partial charge in [-0.2, -0.15) is 0 Å². The maximum atomic E-state index is 12.3. The normalized spacial score (nSPS) is 16.1. The zero-order valence-corrected chi connectivity index (χ0v) is 13.2. The molecule has 6 heteroatoms. The zero-order chi connectivity index (χ0) is 16.5. The molecule has 2 aromatic heterocycles. The molecule has 1 aromatic carbocycles. The quantitative estimate of drug-likeness (QED) is 0.803. The fraction of sp³-hybridized carbons (Fsp3) is 0.222. The van der Waals surface area contributed by atoms with Gasteiger partial charge >= 0.3 is 0 Å². The summed E-state index contributed by atoms with van der Waals surface area (Å²) >= 11 is 0. The van der Waals surface area contributed by atoms with Gasteiger partial charge < -0.3 is 19.2 Å². The lowest BCUT2D eigenvalue weighted by atomic mass is 10.2. The number of rotatable bonds is 3. The number of ether oxygens (including phenoxy) is 2. The maximum Gasteiger partial charge on any atom is 0.271 e. The molecule has 1 amide bonds. The molecule has 1 unspecified atom stereocenters. The molecular formula is C18H17N3O3. The van der Waals surface area contributed by atoms with Crippen LogP contribution in [0.1, 0.15) is 16.2 Å². The summed E-state index contributed by atoms with van der Waals surface area (Å²) in [7, 11) is 0. The molecule has 1 N–H and O–H groups in total. The van der Waals surface area contributed by atoms with Gasteiger partial charge in [0.25, 0.3) is 5.91 Å². The van der Waals surface area contributed by atoms with Crippen molar-refractivity contribution in [2.24, 2.45) is 0 Å². The Hall–Kier alpha value is -3.02. The summed E-state index contributed by atoms with van der Waals surface area (Å²) in [5.41, 5.74) is 2.17. The highest BCUT2D eigenvalue weighted by Crippen LogP contribution is 2.30. The van der Waals surface area contributed by atoms with E-state index in [1.165, 1.54) is 0 Å². The number of amides is 1. The van der Waals surface area contributed by atoms with Gasteiger partial charge in [0.2, 0.25) is 0 Å². The smallest absolute Gasteiger partial charge is 0.271 e. The standard InChI is InChI=1S/C18H17N3O3/c1-12-5-4-8-17-20-14(10-21(12)17)18(22)19-9-13-11-23-15-6-2-3-7-16(15)24-13/h2-8,10,13H,9,11H2,1H3,(H,19,22). The van der Waals surface area contributed by atoms with Gasteiger partial charge in [-0.3, -0.25) is 4.79 Å². The summed E-state index contributed by atoms with van der Waals surface area (Å²) < 4.78 is 13.4. The van der Waals surface area contributed by atoms with Gasteiger partial charge in [0.05, 0.1) is 6.54 Å². The van der Waals surface area contributed by atoms with Crippen LogP contribution in [0.2, 0.25) is 0 Å². The number of nitrogens with one attached hydrogen (secondary N) is 1. The van der Waals surface area contributed by atoms with E-state index >= 15 is 0 Å². The number of aryl methyl sites for hydroxylation is 1. The number of hydrogen-bond acceptors (Lipinski definition) is 4. The van der Waals surface area contributed by atoms with Crippen LogP contribution < -0.4 is 14.8 Å². The second kappa shape index (κ2) is 5.88. The van der Waals surface area contributed by atoms with Gasteiger partial charge in [-0.05, 0) is 31.2 Å². The van der Waals surface area contributed by atoms with Crippen molar-refractivity contribution in [3.8, 4) is 11.5 Å². The molecule has 0 aliphatic carbocycles. The minimum absolute atomic E-state index is 0.220. The summed E-state index contributed by atoms with van der Waals surface area (Å²) in [6.45, 7) is 2.74. The van der Waals surface area contributed by atoms with E-state index in [-0.39, 0.29) is 12.0 Å². The van der Waals surface area contributed by atoms with Crippen molar-refractivity contribution >= 4 is 11.6 Å². The molecule has 24 heavy (non-hydrogen) atoms. The lowest BCUT2D eigenvalue weighted by Gasteiger charge is -2.26. The van der Waals surface area contributed by atoms with E-state index in [1.807, 2.05) is 53.8 Å². The number of benzene rings is 1. The van der Waals surface area contributed by atoms with Crippen molar-refractivity contribution in [2.75, 3.05) is 13.2 Å². The van der Waals surface area contributed by atoms with Crippen molar-refractivity contribution in [1.29, 1.82) is 0 Å². The largest absolute Gasteiger partial charge is 0.486 e. The Labute approximate surface area is 139 Å². The molecule has 4 rings (SSSR count). The SMILES string of the molecule is Cc1cccc2nc(C(=O)NCC3COc4ccccc4O3)cn12. The molecule has 0 saturated heterocycles. The van der Waals surface area contributed by atoms with Gasteiger partial charge in [0.1, 0.15) is 24.1 Å². The fourth-order valence-corrected chi connectivity index (χ4v) is 2.72. The molecule has 1 atom stereocenters. The molecule has 1 aliphatic rings. The Bertz CT molecular complexity index is 903. The Morgan fingerprint density at radius 2 is 2.08 bits per heavy atom. The van der Waals surface area contributed by atoms with E-state index < -0.39 is 0 Å². The highest BCUT2D eigenvalue weighted by Gasteiger charge is 2.21. The molecule has 3 aromatic rings. The summed E-state index contributed by atoms with van der Waals surface area (Å²) in [6.07, 6.45) is 1.52. The average Bonchev–Trinajstić information content (AvgIpc) is 3.05. The van der Waals surface area contributed by atoms with Crippen molar-refractivity contribution < 1.29 is 14.3 Å². The van der Waals surface area contributed by atoms with Crippen molar-refractivity contribution in [2.45, 2.75) is 13.0 Å². The van der Waals surface area contributed by atoms with Crippen molar-refractivity contribution in [3.63, 3.8) is 0 Å². The van der Waals surface area contributed by atoms with Crippen LogP contribution in [0.25, 0.3) is 5.65 Å². The van der Waals surface area contributed by atoms with Crippen LogP contribution in [0.15, 0.2) is 48.7 Å². The summed E-state index contributed by atoms with van der Waals surface area (Å²) in [4.78, 5) is 16.7. The molecule has 0 saturated carbocycles.